The first-order valence-corrected chi connectivity index (χ1v) is 9.44. The van der Waals surface area contributed by atoms with Crippen LogP contribution in [0.25, 0.3) is 5.69 Å². The van der Waals surface area contributed by atoms with Crippen LogP contribution in [0.5, 0.6) is 0 Å². The number of fused-ring (bicyclic) bond motifs is 1. The molecule has 2 aromatic rings. The Morgan fingerprint density at radius 3 is 2.38 bits per heavy atom. The van der Waals surface area contributed by atoms with Crippen LogP contribution in [0.1, 0.15) is 37.1 Å². The highest BCUT2D eigenvalue weighted by Crippen LogP contribution is 2.27. The molecular weight excluding hydrogens is 318 g/mol. The van der Waals surface area contributed by atoms with Crippen molar-refractivity contribution in [2.24, 2.45) is 0 Å². The molecule has 5 heteroatoms. The average molecular weight is 343 g/mol. The summed E-state index contributed by atoms with van der Waals surface area (Å²) in [5.41, 5.74) is 3.99. The van der Waals surface area contributed by atoms with Gasteiger partial charge < -0.3 is 9.67 Å². The predicted molar refractivity (Wildman–Crippen MR) is 98.0 cm³/mol. The Morgan fingerprint density at radius 2 is 1.67 bits per heavy atom. The number of aliphatic hydroxyl groups excluding tert-OH is 1. The summed E-state index contributed by atoms with van der Waals surface area (Å²) in [5, 5.41) is 9.73. The van der Waals surface area contributed by atoms with Gasteiger partial charge in [0.1, 0.15) is 0 Å². The fraction of sp³-hybridized carbons (Fsp3) is 0.526. The lowest BCUT2D eigenvalue weighted by molar-refractivity contribution is 0.0670. The van der Waals surface area contributed by atoms with Crippen LogP contribution in [0.15, 0.2) is 30.3 Å². The maximum Gasteiger partial charge on any atom is 0.186 e. The van der Waals surface area contributed by atoms with Crippen LogP contribution in [0.2, 0.25) is 0 Å². The van der Waals surface area contributed by atoms with Gasteiger partial charge in [0.15, 0.2) is 4.77 Å². The molecule has 1 aromatic carbocycles. The van der Waals surface area contributed by atoms with Crippen LogP contribution >= 0.6 is 12.2 Å². The molecule has 0 unspecified atom stereocenters. The van der Waals surface area contributed by atoms with E-state index in [0.717, 1.165) is 50.2 Å². The summed E-state index contributed by atoms with van der Waals surface area (Å²) in [6, 6.07) is 10.5. The second-order valence-corrected chi connectivity index (χ2v) is 7.34. The Labute approximate surface area is 148 Å². The van der Waals surface area contributed by atoms with Gasteiger partial charge in [-0.15, -0.1) is 0 Å². The molecule has 24 heavy (non-hydrogen) atoms. The maximum absolute atomic E-state index is 9.73. The summed E-state index contributed by atoms with van der Waals surface area (Å²) in [7, 11) is 0. The zero-order valence-corrected chi connectivity index (χ0v) is 14.8. The maximum atomic E-state index is 9.73. The van der Waals surface area contributed by atoms with E-state index in [4.69, 9.17) is 12.2 Å². The molecule has 0 radical (unpaired) electrons. The van der Waals surface area contributed by atoms with Crippen LogP contribution in [0.4, 0.5) is 0 Å². The highest BCUT2D eigenvalue weighted by atomic mass is 32.1. The molecule has 1 fully saturated rings. The number of likely N-dealkylation sites (tertiary alicyclic amines) is 1. The Kier molecular flexibility index (Phi) is 4.57. The van der Waals surface area contributed by atoms with Gasteiger partial charge in [0, 0.05) is 30.2 Å². The zero-order valence-electron chi connectivity index (χ0n) is 14.0. The smallest absolute Gasteiger partial charge is 0.186 e. The Morgan fingerprint density at radius 1 is 1.00 bits per heavy atom. The van der Waals surface area contributed by atoms with Crippen LogP contribution in [0, 0.1) is 4.77 Å². The summed E-state index contributed by atoms with van der Waals surface area (Å²) >= 11 is 5.88. The SMILES string of the molecule is OC1CCN(Cn2c3c(n(-c4ccccc4)c2=S)CCCC3)CC1. The number of imidazole rings is 1. The van der Waals surface area contributed by atoms with E-state index >= 15 is 0 Å². The molecule has 4 nitrogen and oxygen atoms in total. The van der Waals surface area contributed by atoms with Crippen molar-refractivity contribution in [1.29, 1.82) is 0 Å². The minimum absolute atomic E-state index is 0.128. The quantitative estimate of drug-likeness (QED) is 0.868. The van der Waals surface area contributed by atoms with E-state index in [-0.39, 0.29) is 6.10 Å². The third-order valence-electron chi connectivity index (χ3n) is 5.34. The van der Waals surface area contributed by atoms with Gasteiger partial charge >= 0.3 is 0 Å². The zero-order chi connectivity index (χ0) is 16.5. The molecule has 2 heterocycles. The lowest BCUT2D eigenvalue weighted by atomic mass is 10.0. The van der Waals surface area contributed by atoms with Crippen molar-refractivity contribution in [2.75, 3.05) is 13.1 Å². The molecule has 0 atom stereocenters. The Hall–Kier alpha value is -1.43. The molecule has 0 bridgehead atoms. The van der Waals surface area contributed by atoms with Gasteiger partial charge in [-0.2, -0.15) is 0 Å². The molecule has 0 saturated carbocycles. The van der Waals surface area contributed by atoms with Crippen molar-refractivity contribution in [1.82, 2.24) is 14.0 Å². The summed E-state index contributed by atoms with van der Waals surface area (Å²) < 4.78 is 5.54. The lowest BCUT2D eigenvalue weighted by Gasteiger charge is -2.30. The molecule has 4 rings (SSSR count). The first-order chi connectivity index (χ1) is 11.7. The monoisotopic (exact) mass is 343 g/mol. The largest absolute Gasteiger partial charge is 0.393 e. The van der Waals surface area contributed by atoms with Gasteiger partial charge in [-0.25, -0.2) is 0 Å². The van der Waals surface area contributed by atoms with E-state index in [0.29, 0.717) is 0 Å². The van der Waals surface area contributed by atoms with Crippen LogP contribution < -0.4 is 0 Å². The third-order valence-corrected chi connectivity index (χ3v) is 5.74. The number of nitrogens with zero attached hydrogens (tertiary/aromatic N) is 3. The first-order valence-electron chi connectivity index (χ1n) is 9.03. The van der Waals surface area contributed by atoms with Gasteiger partial charge in [0.25, 0.3) is 0 Å². The van der Waals surface area contributed by atoms with Crippen LogP contribution in [0.3, 0.4) is 0 Å². The summed E-state index contributed by atoms with van der Waals surface area (Å²) in [6.07, 6.45) is 6.34. The molecule has 128 valence electrons. The molecular formula is C19H25N3OS. The topological polar surface area (TPSA) is 33.3 Å². The minimum Gasteiger partial charge on any atom is -0.393 e. The van der Waals surface area contributed by atoms with Gasteiger partial charge in [-0.05, 0) is 62.9 Å². The number of benzene rings is 1. The highest BCUT2D eigenvalue weighted by Gasteiger charge is 2.24. The third kappa shape index (κ3) is 2.96. The lowest BCUT2D eigenvalue weighted by Crippen LogP contribution is -2.37. The van der Waals surface area contributed by atoms with E-state index in [1.165, 1.54) is 29.9 Å². The minimum atomic E-state index is -0.128. The summed E-state index contributed by atoms with van der Waals surface area (Å²) in [6.45, 7) is 2.76. The number of piperidine rings is 1. The number of aliphatic hydroxyl groups is 1. The molecule has 0 spiro atoms. The fourth-order valence-electron chi connectivity index (χ4n) is 4.01. The van der Waals surface area contributed by atoms with E-state index in [2.05, 4.69) is 44.4 Å². The molecule has 1 aliphatic carbocycles. The first kappa shape index (κ1) is 16.1. The van der Waals surface area contributed by atoms with Crippen molar-refractivity contribution in [3.05, 3.63) is 46.5 Å². The van der Waals surface area contributed by atoms with E-state index < -0.39 is 0 Å². The van der Waals surface area contributed by atoms with Crippen LogP contribution in [-0.2, 0) is 19.5 Å². The number of para-hydroxylation sites is 1. The van der Waals surface area contributed by atoms with Crippen molar-refractivity contribution >= 4 is 12.2 Å². The molecule has 1 saturated heterocycles. The van der Waals surface area contributed by atoms with E-state index in [9.17, 15) is 5.11 Å². The molecule has 2 aliphatic rings. The molecule has 0 amide bonds. The molecule has 1 aromatic heterocycles. The Balaban J connectivity index is 1.72. The van der Waals surface area contributed by atoms with Gasteiger partial charge in [0.05, 0.1) is 12.8 Å². The average Bonchev–Trinajstić information content (AvgIpc) is 2.90. The number of rotatable bonds is 3. The molecule has 1 N–H and O–H groups in total. The van der Waals surface area contributed by atoms with Crippen molar-refractivity contribution in [2.45, 2.75) is 51.3 Å². The summed E-state index contributed by atoms with van der Waals surface area (Å²) in [5.74, 6) is 0. The van der Waals surface area contributed by atoms with Crippen LogP contribution in [-0.4, -0.2) is 38.3 Å². The highest BCUT2D eigenvalue weighted by molar-refractivity contribution is 7.71. The Bertz CT molecular complexity index is 757. The fourth-order valence-corrected chi connectivity index (χ4v) is 4.39. The number of hydrogen-bond acceptors (Lipinski definition) is 3. The van der Waals surface area contributed by atoms with Gasteiger partial charge in [-0.1, -0.05) is 18.2 Å². The normalized spacial score (nSPS) is 19.4. The van der Waals surface area contributed by atoms with Gasteiger partial charge in [0.2, 0.25) is 0 Å². The van der Waals surface area contributed by atoms with Crippen molar-refractivity contribution in [3.63, 3.8) is 0 Å². The molecule has 1 aliphatic heterocycles. The predicted octanol–water partition coefficient (Wildman–Crippen LogP) is 3.30. The standard InChI is InChI=1S/C19H25N3OS/c23-16-10-12-20(13-11-16)14-21-17-8-4-5-9-18(17)22(19(21)24)15-6-2-1-3-7-15/h1-3,6-7,16,23H,4-5,8-14H2. The number of aromatic nitrogens is 2. The summed E-state index contributed by atoms with van der Waals surface area (Å²) in [4.78, 5) is 2.42. The van der Waals surface area contributed by atoms with E-state index in [1.807, 2.05) is 0 Å². The van der Waals surface area contributed by atoms with Gasteiger partial charge in [-0.3, -0.25) is 9.47 Å². The number of hydrogen-bond donors (Lipinski definition) is 1. The second-order valence-electron chi connectivity index (χ2n) is 6.97. The second kappa shape index (κ2) is 6.82. The van der Waals surface area contributed by atoms with Crippen molar-refractivity contribution < 1.29 is 5.11 Å². The van der Waals surface area contributed by atoms with E-state index in [1.54, 1.807) is 0 Å². The van der Waals surface area contributed by atoms with Crippen molar-refractivity contribution in [3.8, 4) is 5.69 Å².